The van der Waals surface area contributed by atoms with Gasteiger partial charge in [-0.2, -0.15) is 0 Å². The van der Waals surface area contributed by atoms with E-state index >= 15 is 0 Å². The molecule has 0 saturated carbocycles. The smallest absolute Gasteiger partial charge is 0.0489 e. The molecule has 0 saturated heterocycles. The first-order valence-corrected chi connectivity index (χ1v) is 13.6. The van der Waals surface area contributed by atoms with Gasteiger partial charge < -0.3 is 4.57 Å². The van der Waals surface area contributed by atoms with Crippen LogP contribution in [0, 0.1) is 34.6 Å². The summed E-state index contributed by atoms with van der Waals surface area (Å²) >= 11 is 0. The van der Waals surface area contributed by atoms with Gasteiger partial charge in [0.05, 0.1) is 0 Å². The fourth-order valence-corrected chi connectivity index (χ4v) is 6.77. The van der Waals surface area contributed by atoms with Crippen molar-refractivity contribution in [2.24, 2.45) is 7.05 Å². The summed E-state index contributed by atoms with van der Waals surface area (Å²) in [5.74, 6) is 0. The predicted molar refractivity (Wildman–Crippen MR) is 163 cm³/mol. The number of nitrogens with zero attached hydrogens (tertiary/aromatic N) is 1. The van der Waals surface area contributed by atoms with Crippen molar-refractivity contribution in [1.29, 1.82) is 0 Å². The Morgan fingerprint density at radius 3 is 1.87 bits per heavy atom. The molecule has 0 bridgehead atoms. The van der Waals surface area contributed by atoms with E-state index in [1.807, 2.05) is 0 Å². The second kappa shape index (κ2) is 8.20. The third-order valence-electron chi connectivity index (χ3n) is 8.54. The van der Waals surface area contributed by atoms with E-state index in [-0.39, 0.29) is 0 Å². The van der Waals surface area contributed by atoms with Crippen LogP contribution in [-0.2, 0) is 13.5 Å². The van der Waals surface area contributed by atoms with E-state index in [9.17, 15) is 0 Å². The SMILES string of the molecule is Cc1cc(-c2ccc3c(c2)c2cc(C)ccc2n3C)cc(-c2cc(C)cc3c2Cc2c(C)cc(C)cc2-3)c1. The van der Waals surface area contributed by atoms with Crippen LogP contribution in [0.3, 0.4) is 0 Å². The molecule has 186 valence electrons. The Morgan fingerprint density at radius 2 is 1.08 bits per heavy atom. The summed E-state index contributed by atoms with van der Waals surface area (Å²) in [5.41, 5.74) is 20.3. The van der Waals surface area contributed by atoms with E-state index in [1.165, 1.54) is 94.1 Å². The minimum Gasteiger partial charge on any atom is -0.344 e. The van der Waals surface area contributed by atoms with Crippen LogP contribution in [-0.4, -0.2) is 4.57 Å². The lowest BCUT2D eigenvalue weighted by atomic mass is 9.90. The van der Waals surface area contributed by atoms with Crippen molar-refractivity contribution in [3.05, 3.63) is 118 Å². The fourth-order valence-electron chi connectivity index (χ4n) is 6.77. The molecule has 0 atom stereocenters. The van der Waals surface area contributed by atoms with Crippen molar-refractivity contribution in [3.63, 3.8) is 0 Å². The lowest BCUT2D eigenvalue weighted by molar-refractivity contribution is 1.01. The number of benzene rings is 5. The second-order valence-corrected chi connectivity index (χ2v) is 11.5. The molecule has 0 aliphatic heterocycles. The maximum absolute atomic E-state index is 2.40. The molecule has 7 rings (SSSR count). The van der Waals surface area contributed by atoms with E-state index in [2.05, 4.69) is 125 Å². The summed E-state index contributed by atoms with van der Waals surface area (Å²) in [6.45, 7) is 11.1. The normalized spacial score (nSPS) is 12.4. The Hall–Kier alpha value is -4.10. The average molecular weight is 492 g/mol. The fraction of sp³-hybridized carbons (Fsp3) is 0.189. The molecule has 5 aromatic carbocycles. The molecule has 0 radical (unpaired) electrons. The maximum atomic E-state index is 2.40. The Bertz CT molecular complexity index is 1950. The molecule has 38 heavy (non-hydrogen) atoms. The van der Waals surface area contributed by atoms with E-state index in [4.69, 9.17) is 0 Å². The summed E-state index contributed by atoms with van der Waals surface area (Å²) < 4.78 is 2.31. The van der Waals surface area contributed by atoms with Gasteiger partial charge in [-0.3, -0.25) is 0 Å². The zero-order chi connectivity index (χ0) is 26.3. The highest BCUT2D eigenvalue weighted by Gasteiger charge is 2.24. The molecular weight excluding hydrogens is 458 g/mol. The van der Waals surface area contributed by atoms with Crippen LogP contribution in [0.15, 0.2) is 78.9 Å². The number of hydrogen-bond acceptors (Lipinski definition) is 0. The van der Waals surface area contributed by atoms with E-state index in [0.29, 0.717) is 0 Å². The van der Waals surface area contributed by atoms with E-state index in [1.54, 1.807) is 0 Å². The lowest BCUT2D eigenvalue weighted by Crippen LogP contribution is -1.92. The Morgan fingerprint density at radius 1 is 0.474 bits per heavy atom. The number of aryl methyl sites for hydroxylation is 6. The van der Waals surface area contributed by atoms with Crippen LogP contribution in [0.2, 0.25) is 0 Å². The van der Waals surface area contributed by atoms with Crippen molar-refractivity contribution in [2.45, 2.75) is 41.0 Å². The van der Waals surface area contributed by atoms with Crippen molar-refractivity contribution in [3.8, 4) is 33.4 Å². The van der Waals surface area contributed by atoms with Gasteiger partial charge in [-0.05, 0) is 133 Å². The molecule has 1 nitrogen and oxygen atoms in total. The van der Waals surface area contributed by atoms with Gasteiger partial charge in [0.25, 0.3) is 0 Å². The van der Waals surface area contributed by atoms with E-state index < -0.39 is 0 Å². The van der Waals surface area contributed by atoms with Crippen LogP contribution in [0.5, 0.6) is 0 Å². The minimum absolute atomic E-state index is 1.01. The van der Waals surface area contributed by atoms with Crippen LogP contribution >= 0.6 is 0 Å². The zero-order valence-corrected chi connectivity index (χ0v) is 23.2. The van der Waals surface area contributed by atoms with Crippen molar-refractivity contribution >= 4 is 21.8 Å². The van der Waals surface area contributed by atoms with Gasteiger partial charge in [-0.15, -0.1) is 0 Å². The van der Waals surface area contributed by atoms with Gasteiger partial charge in [0.2, 0.25) is 0 Å². The molecule has 1 heteroatoms. The first-order chi connectivity index (χ1) is 18.3. The molecule has 1 aliphatic rings. The topological polar surface area (TPSA) is 4.93 Å². The number of hydrogen-bond donors (Lipinski definition) is 0. The molecular formula is C37H33N. The van der Waals surface area contributed by atoms with Crippen molar-refractivity contribution in [2.75, 3.05) is 0 Å². The lowest BCUT2D eigenvalue weighted by Gasteiger charge is -2.14. The second-order valence-electron chi connectivity index (χ2n) is 11.5. The zero-order valence-electron chi connectivity index (χ0n) is 23.2. The van der Waals surface area contributed by atoms with Gasteiger partial charge in [0.1, 0.15) is 0 Å². The number of rotatable bonds is 2. The Balaban J connectivity index is 1.41. The quantitative estimate of drug-likeness (QED) is 0.227. The van der Waals surface area contributed by atoms with Crippen LogP contribution in [0.4, 0.5) is 0 Å². The highest BCUT2D eigenvalue weighted by molar-refractivity contribution is 6.09. The van der Waals surface area contributed by atoms with E-state index in [0.717, 1.165) is 6.42 Å². The van der Waals surface area contributed by atoms with Crippen molar-refractivity contribution in [1.82, 2.24) is 4.57 Å². The molecule has 0 fully saturated rings. The van der Waals surface area contributed by atoms with Gasteiger partial charge in [-0.25, -0.2) is 0 Å². The Kier molecular flexibility index (Phi) is 4.97. The molecule has 6 aromatic rings. The summed E-state index contributed by atoms with van der Waals surface area (Å²) in [4.78, 5) is 0. The molecule has 1 heterocycles. The van der Waals surface area contributed by atoms with Gasteiger partial charge >= 0.3 is 0 Å². The van der Waals surface area contributed by atoms with Crippen LogP contribution in [0.1, 0.15) is 38.9 Å². The van der Waals surface area contributed by atoms with Crippen LogP contribution in [0.25, 0.3) is 55.2 Å². The van der Waals surface area contributed by atoms with Crippen LogP contribution < -0.4 is 0 Å². The maximum Gasteiger partial charge on any atom is 0.0489 e. The van der Waals surface area contributed by atoms with Gasteiger partial charge in [0.15, 0.2) is 0 Å². The highest BCUT2D eigenvalue weighted by atomic mass is 14.9. The molecule has 0 N–H and O–H groups in total. The Labute approximate surface area is 225 Å². The van der Waals surface area contributed by atoms with Gasteiger partial charge in [-0.1, -0.05) is 59.7 Å². The molecule has 0 amide bonds. The minimum atomic E-state index is 1.01. The number of aromatic nitrogens is 1. The number of fused-ring (bicyclic) bond motifs is 6. The third kappa shape index (κ3) is 3.45. The standard InChI is InChI=1S/C37H33N/c1-21-7-9-36-34(14-21)35-19-26(8-10-37(35)38(36)6)27-12-23(3)13-28(18-27)30-15-24(4)17-32-31-16-22(2)11-25(5)29(31)20-33(30)32/h7-19H,20H2,1-6H3. The molecule has 1 aliphatic carbocycles. The third-order valence-corrected chi connectivity index (χ3v) is 8.54. The predicted octanol–water partition coefficient (Wildman–Crippen LogP) is 9.78. The largest absolute Gasteiger partial charge is 0.344 e. The average Bonchev–Trinajstić information content (AvgIpc) is 3.38. The first-order valence-electron chi connectivity index (χ1n) is 13.6. The summed E-state index contributed by atoms with van der Waals surface area (Å²) in [5, 5.41) is 2.65. The molecule has 1 aromatic heterocycles. The first kappa shape index (κ1) is 23.0. The summed E-state index contributed by atoms with van der Waals surface area (Å²) in [6.07, 6.45) is 1.01. The summed E-state index contributed by atoms with van der Waals surface area (Å²) in [6, 6.07) is 30.3. The molecule has 0 spiro atoms. The van der Waals surface area contributed by atoms with Gasteiger partial charge in [0, 0.05) is 28.9 Å². The monoisotopic (exact) mass is 491 g/mol. The van der Waals surface area contributed by atoms with Crippen molar-refractivity contribution < 1.29 is 0 Å². The summed E-state index contributed by atoms with van der Waals surface area (Å²) in [7, 11) is 2.17. The highest BCUT2D eigenvalue weighted by Crippen LogP contribution is 2.45. The molecule has 0 unspecified atom stereocenters.